The standard InChI is InChI=1S/C16H25NO4/c1-11-12(5-3-8-21-11)16(19)17-7-9-20-10-14(17)13-4-2-6-15(13)18/h13-15,18H,2-10H2,1H3/t13-,14-,15+/m1/s1. The Hall–Kier alpha value is -1.07. The average molecular weight is 295 g/mol. The largest absolute Gasteiger partial charge is 0.498 e. The third kappa shape index (κ3) is 2.94. The fraction of sp³-hybridized carbons (Fsp3) is 0.812. The molecule has 3 aliphatic rings. The van der Waals surface area contributed by atoms with E-state index in [-0.39, 0.29) is 24.0 Å². The zero-order valence-corrected chi connectivity index (χ0v) is 12.7. The first-order valence-electron chi connectivity index (χ1n) is 8.08. The Balaban J connectivity index is 1.79. The zero-order valence-electron chi connectivity index (χ0n) is 12.7. The Morgan fingerprint density at radius 1 is 1.29 bits per heavy atom. The van der Waals surface area contributed by atoms with E-state index in [2.05, 4.69) is 0 Å². The van der Waals surface area contributed by atoms with E-state index in [0.717, 1.165) is 43.4 Å². The smallest absolute Gasteiger partial charge is 0.253 e. The summed E-state index contributed by atoms with van der Waals surface area (Å²) in [5.74, 6) is 1.00. The van der Waals surface area contributed by atoms with E-state index in [1.165, 1.54) is 0 Å². The van der Waals surface area contributed by atoms with Crippen LogP contribution in [0.2, 0.25) is 0 Å². The SMILES string of the molecule is CC1=C(C(=O)N2CCOC[C@@H]2[C@H]2CCC[C@@H]2O)CCCO1. The highest BCUT2D eigenvalue weighted by Gasteiger charge is 2.40. The maximum Gasteiger partial charge on any atom is 0.253 e. The molecule has 1 saturated heterocycles. The van der Waals surface area contributed by atoms with Crippen molar-refractivity contribution in [1.82, 2.24) is 4.90 Å². The van der Waals surface area contributed by atoms with Gasteiger partial charge in [-0.1, -0.05) is 6.42 Å². The predicted molar refractivity (Wildman–Crippen MR) is 77.6 cm³/mol. The van der Waals surface area contributed by atoms with E-state index < -0.39 is 0 Å². The number of nitrogens with zero attached hydrogens (tertiary/aromatic N) is 1. The highest BCUT2D eigenvalue weighted by atomic mass is 16.5. The first-order chi connectivity index (χ1) is 10.2. The minimum Gasteiger partial charge on any atom is -0.498 e. The first kappa shape index (κ1) is 14.9. The molecule has 0 bridgehead atoms. The number of morpholine rings is 1. The van der Waals surface area contributed by atoms with Gasteiger partial charge in [-0.3, -0.25) is 4.79 Å². The van der Waals surface area contributed by atoms with Gasteiger partial charge in [0.25, 0.3) is 5.91 Å². The van der Waals surface area contributed by atoms with E-state index in [1.807, 2.05) is 11.8 Å². The Bertz CT molecular complexity index is 434. The van der Waals surface area contributed by atoms with Gasteiger partial charge in [-0.05, 0) is 32.6 Å². The van der Waals surface area contributed by atoms with Crippen LogP contribution in [-0.2, 0) is 14.3 Å². The van der Waals surface area contributed by atoms with Crippen LogP contribution < -0.4 is 0 Å². The Morgan fingerprint density at radius 2 is 2.14 bits per heavy atom. The van der Waals surface area contributed by atoms with Gasteiger partial charge in [0.15, 0.2) is 0 Å². The van der Waals surface area contributed by atoms with Gasteiger partial charge in [0, 0.05) is 12.5 Å². The van der Waals surface area contributed by atoms with Crippen molar-refractivity contribution >= 4 is 5.91 Å². The Kier molecular flexibility index (Phi) is 4.50. The number of rotatable bonds is 2. The Labute approximate surface area is 125 Å². The lowest BCUT2D eigenvalue weighted by Crippen LogP contribution is -2.54. The fourth-order valence-corrected chi connectivity index (χ4v) is 3.82. The summed E-state index contributed by atoms with van der Waals surface area (Å²) in [6, 6.07) is 0.00553. The minimum absolute atomic E-state index is 0.00553. The summed E-state index contributed by atoms with van der Waals surface area (Å²) in [6.45, 7) is 4.32. The summed E-state index contributed by atoms with van der Waals surface area (Å²) in [6.07, 6.45) is 4.25. The van der Waals surface area contributed by atoms with Crippen molar-refractivity contribution in [1.29, 1.82) is 0 Å². The lowest BCUT2D eigenvalue weighted by molar-refractivity contribution is -0.140. The van der Waals surface area contributed by atoms with Crippen LogP contribution in [0.25, 0.3) is 0 Å². The zero-order chi connectivity index (χ0) is 14.8. The van der Waals surface area contributed by atoms with E-state index in [4.69, 9.17) is 9.47 Å². The molecule has 1 saturated carbocycles. The fourth-order valence-electron chi connectivity index (χ4n) is 3.82. The number of carbonyl (C=O) groups excluding carboxylic acids is 1. The van der Waals surface area contributed by atoms with Crippen molar-refractivity contribution in [3.63, 3.8) is 0 Å². The molecule has 3 rings (SSSR count). The van der Waals surface area contributed by atoms with Gasteiger partial charge in [0.2, 0.25) is 0 Å². The third-order valence-corrected chi connectivity index (χ3v) is 5.02. The van der Waals surface area contributed by atoms with Crippen molar-refractivity contribution in [2.24, 2.45) is 5.92 Å². The molecule has 1 amide bonds. The van der Waals surface area contributed by atoms with Crippen molar-refractivity contribution in [2.75, 3.05) is 26.4 Å². The number of allylic oxidation sites excluding steroid dienone is 1. The number of aliphatic hydroxyl groups is 1. The first-order valence-corrected chi connectivity index (χ1v) is 8.08. The van der Waals surface area contributed by atoms with Crippen LogP contribution in [0.1, 0.15) is 39.0 Å². The molecule has 2 aliphatic heterocycles. The van der Waals surface area contributed by atoms with Crippen molar-refractivity contribution in [3.8, 4) is 0 Å². The molecule has 0 radical (unpaired) electrons. The summed E-state index contributed by atoms with van der Waals surface area (Å²) in [4.78, 5) is 14.8. The molecule has 0 spiro atoms. The van der Waals surface area contributed by atoms with Crippen LogP contribution >= 0.6 is 0 Å². The van der Waals surface area contributed by atoms with Crippen molar-refractivity contribution in [3.05, 3.63) is 11.3 Å². The molecule has 118 valence electrons. The number of hydrogen-bond donors (Lipinski definition) is 1. The van der Waals surface area contributed by atoms with Gasteiger partial charge >= 0.3 is 0 Å². The summed E-state index contributed by atoms with van der Waals surface area (Å²) in [7, 11) is 0. The van der Waals surface area contributed by atoms with Gasteiger partial charge < -0.3 is 19.5 Å². The predicted octanol–water partition coefficient (Wildman–Crippen LogP) is 1.46. The van der Waals surface area contributed by atoms with E-state index >= 15 is 0 Å². The number of hydrogen-bond acceptors (Lipinski definition) is 4. The molecule has 0 aromatic carbocycles. The second-order valence-electron chi connectivity index (χ2n) is 6.29. The highest BCUT2D eigenvalue weighted by molar-refractivity contribution is 5.94. The molecule has 2 heterocycles. The molecule has 5 heteroatoms. The number of aliphatic hydroxyl groups excluding tert-OH is 1. The molecule has 5 nitrogen and oxygen atoms in total. The molecule has 0 aromatic rings. The van der Waals surface area contributed by atoms with Crippen LogP contribution in [0.3, 0.4) is 0 Å². The van der Waals surface area contributed by atoms with Crippen molar-refractivity contribution in [2.45, 2.75) is 51.2 Å². The molecule has 0 unspecified atom stereocenters. The molecule has 0 aromatic heterocycles. The maximum absolute atomic E-state index is 12.9. The summed E-state index contributed by atoms with van der Waals surface area (Å²) < 4.78 is 11.1. The lowest BCUT2D eigenvalue weighted by atomic mass is 9.93. The normalized spacial score (nSPS) is 34.0. The van der Waals surface area contributed by atoms with Gasteiger partial charge in [-0.15, -0.1) is 0 Å². The summed E-state index contributed by atoms with van der Waals surface area (Å²) in [5.41, 5.74) is 0.806. The summed E-state index contributed by atoms with van der Waals surface area (Å²) >= 11 is 0. The van der Waals surface area contributed by atoms with Crippen molar-refractivity contribution < 1.29 is 19.4 Å². The maximum atomic E-state index is 12.9. The monoisotopic (exact) mass is 295 g/mol. The number of carbonyl (C=O) groups is 1. The molecule has 21 heavy (non-hydrogen) atoms. The highest BCUT2D eigenvalue weighted by Crippen LogP contribution is 2.33. The minimum atomic E-state index is -0.301. The molecular formula is C16H25NO4. The van der Waals surface area contributed by atoms with Gasteiger partial charge in [-0.2, -0.15) is 0 Å². The van der Waals surface area contributed by atoms with E-state index in [1.54, 1.807) is 0 Å². The molecule has 3 atom stereocenters. The van der Waals surface area contributed by atoms with Crippen LogP contribution in [0.4, 0.5) is 0 Å². The van der Waals surface area contributed by atoms with E-state index in [0.29, 0.717) is 26.4 Å². The molecule has 1 aliphatic carbocycles. The van der Waals surface area contributed by atoms with Crippen LogP contribution in [0.15, 0.2) is 11.3 Å². The van der Waals surface area contributed by atoms with Crippen LogP contribution in [0, 0.1) is 5.92 Å². The summed E-state index contributed by atoms with van der Waals surface area (Å²) in [5, 5.41) is 10.2. The number of ether oxygens (including phenoxy) is 2. The van der Waals surface area contributed by atoms with Crippen LogP contribution in [-0.4, -0.2) is 54.4 Å². The average Bonchev–Trinajstić information content (AvgIpc) is 2.93. The quantitative estimate of drug-likeness (QED) is 0.838. The number of amides is 1. The van der Waals surface area contributed by atoms with Gasteiger partial charge in [0.1, 0.15) is 5.76 Å². The molecule has 1 N–H and O–H groups in total. The lowest BCUT2D eigenvalue weighted by Gasteiger charge is -2.41. The third-order valence-electron chi connectivity index (χ3n) is 5.02. The van der Waals surface area contributed by atoms with Crippen LogP contribution in [0.5, 0.6) is 0 Å². The molecule has 2 fully saturated rings. The van der Waals surface area contributed by atoms with Gasteiger partial charge in [-0.25, -0.2) is 0 Å². The van der Waals surface area contributed by atoms with Gasteiger partial charge in [0.05, 0.1) is 37.5 Å². The Morgan fingerprint density at radius 3 is 2.86 bits per heavy atom. The molecular weight excluding hydrogens is 270 g/mol. The van der Waals surface area contributed by atoms with E-state index in [9.17, 15) is 9.90 Å². The second kappa shape index (κ2) is 6.36. The topological polar surface area (TPSA) is 59.0 Å². The second-order valence-corrected chi connectivity index (χ2v) is 6.29.